The van der Waals surface area contributed by atoms with E-state index in [1.54, 1.807) is 23.9 Å². The first kappa shape index (κ1) is 15.2. The van der Waals surface area contributed by atoms with Gasteiger partial charge in [-0.1, -0.05) is 0 Å². The number of hydrogen-bond acceptors (Lipinski definition) is 9. The number of nitrogen functional groups attached to an aromatic ring is 1. The second-order valence-corrected chi connectivity index (χ2v) is 6.07. The fourth-order valence-corrected chi connectivity index (χ4v) is 3.13. The first-order valence-corrected chi connectivity index (χ1v) is 7.29. The van der Waals surface area contributed by atoms with Gasteiger partial charge in [-0.3, -0.25) is 14.6 Å². The van der Waals surface area contributed by atoms with E-state index < -0.39 is 36.2 Å². The van der Waals surface area contributed by atoms with Gasteiger partial charge in [0.05, 0.1) is 6.33 Å². The highest BCUT2D eigenvalue weighted by atomic mass is 16.8. The van der Waals surface area contributed by atoms with E-state index in [-0.39, 0.29) is 5.82 Å². The number of carbonyl (C=O) groups is 1. The van der Waals surface area contributed by atoms with Crippen molar-refractivity contribution >= 4 is 22.9 Å². The molecule has 2 aromatic heterocycles. The minimum Gasteiger partial charge on any atom is -0.382 e. The van der Waals surface area contributed by atoms with Crippen LogP contribution >= 0.6 is 0 Å². The van der Waals surface area contributed by atoms with Crippen LogP contribution in [-0.2, 0) is 19.0 Å². The average Bonchev–Trinajstić information content (AvgIpc) is 3.18. The summed E-state index contributed by atoms with van der Waals surface area (Å²) in [7, 11) is 0. The van der Waals surface area contributed by atoms with Crippen LogP contribution in [0, 0.1) is 0 Å². The van der Waals surface area contributed by atoms with Crippen molar-refractivity contribution < 1.29 is 24.2 Å². The van der Waals surface area contributed by atoms with Crippen LogP contribution in [0.3, 0.4) is 0 Å². The maximum atomic E-state index is 11.9. The summed E-state index contributed by atoms with van der Waals surface area (Å²) in [6.45, 7) is 3.48. The molecule has 0 aliphatic carbocycles. The summed E-state index contributed by atoms with van der Waals surface area (Å²) in [6, 6.07) is 0. The van der Waals surface area contributed by atoms with Gasteiger partial charge in [-0.05, 0) is 13.8 Å². The molecule has 2 fully saturated rings. The lowest BCUT2D eigenvalue weighted by Gasteiger charge is -2.24. The van der Waals surface area contributed by atoms with Crippen molar-refractivity contribution in [3.05, 3.63) is 12.7 Å². The van der Waals surface area contributed by atoms with E-state index >= 15 is 0 Å². The van der Waals surface area contributed by atoms with Gasteiger partial charge >= 0.3 is 0 Å². The van der Waals surface area contributed by atoms with Crippen LogP contribution in [0.4, 0.5) is 5.82 Å². The Bertz CT molecular complexity index is 807. The lowest BCUT2D eigenvalue weighted by Crippen LogP contribution is -2.41. The number of ether oxygens (including phenoxy) is 3. The number of nitrogens with zero attached hydrogens (tertiary/aromatic N) is 4. The monoisotopic (exact) mass is 336 g/mol. The van der Waals surface area contributed by atoms with Gasteiger partial charge in [0.25, 0.3) is 5.91 Å². The zero-order chi connectivity index (χ0) is 17.1. The van der Waals surface area contributed by atoms with E-state index in [1.807, 2.05) is 0 Å². The zero-order valence-corrected chi connectivity index (χ0v) is 12.9. The van der Waals surface area contributed by atoms with Crippen LogP contribution in [0.15, 0.2) is 12.7 Å². The van der Waals surface area contributed by atoms with Crippen molar-refractivity contribution in [3.63, 3.8) is 0 Å². The van der Waals surface area contributed by atoms with Crippen LogP contribution in [0.25, 0.3) is 11.2 Å². The molecule has 24 heavy (non-hydrogen) atoms. The average molecular weight is 336 g/mol. The van der Waals surface area contributed by atoms with Gasteiger partial charge in [0.15, 0.2) is 29.6 Å². The maximum absolute atomic E-state index is 11.9. The first-order chi connectivity index (χ1) is 11.4. The Kier molecular flexibility index (Phi) is 3.22. The molecule has 2 aromatic rings. The summed E-state index contributed by atoms with van der Waals surface area (Å²) in [6.07, 6.45) is -0.229. The Balaban J connectivity index is 1.77. The van der Waals surface area contributed by atoms with E-state index in [1.165, 1.54) is 12.7 Å². The van der Waals surface area contributed by atoms with Crippen molar-refractivity contribution in [2.45, 2.75) is 44.2 Å². The number of carbonyl (C=O) groups excluding carboxylic acids is 1. The third kappa shape index (κ3) is 2.13. The third-order valence-electron chi connectivity index (χ3n) is 4.06. The fraction of sp³-hybridized carbons (Fsp3) is 0.538. The summed E-state index contributed by atoms with van der Waals surface area (Å²) in [5.74, 6) is -1.37. The number of nitrogens with two attached hydrogens (primary N) is 1. The normalized spacial score (nSPS) is 31.3. The highest BCUT2D eigenvalue weighted by molar-refractivity contribution is 5.82. The number of rotatable bonds is 2. The number of aromatic nitrogens is 4. The van der Waals surface area contributed by atoms with Gasteiger partial charge < -0.3 is 19.9 Å². The SMILES string of the molecule is CC1(C)OC2C(C(=O)NO)OC(n3cnc4c(N)ncnc43)C2O1. The van der Waals surface area contributed by atoms with Crippen LogP contribution in [0.2, 0.25) is 0 Å². The van der Waals surface area contributed by atoms with E-state index in [9.17, 15) is 4.79 Å². The van der Waals surface area contributed by atoms with Crippen LogP contribution in [0.1, 0.15) is 20.1 Å². The number of imidazole rings is 1. The third-order valence-corrected chi connectivity index (χ3v) is 4.06. The summed E-state index contributed by atoms with van der Waals surface area (Å²) < 4.78 is 19.0. The minimum atomic E-state index is -1.04. The molecule has 2 aliphatic rings. The van der Waals surface area contributed by atoms with E-state index in [0.717, 1.165) is 0 Å². The van der Waals surface area contributed by atoms with Crippen LogP contribution < -0.4 is 11.2 Å². The van der Waals surface area contributed by atoms with Gasteiger partial charge in [0, 0.05) is 0 Å². The maximum Gasteiger partial charge on any atom is 0.275 e. The fourth-order valence-electron chi connectivity index (χ4n) is 3.13. The number of amides is 1. The topological polar surface area (TPSA) is 147 Å². The molecule has 4 unspecified atom stereocenters. The predicted molar refractivity (Wildman–Crippen MR) is 77.4 cm³/mol. The minimum absolute atomic E-state index is 0.238. The molecule has 0 aromatic carbocycles. The number of nitrogens with one attached hydrogen (secondary N) is 1. The molecule has 11 nitrogen and oxygen atoms in total. The number of hydrogen-bond donors (Lipinski definition) is 3. The molecule has 2 saturated heterocycles. The molecule has 2 aliphatic heterocycles. The molecule has 0 radical (unpaired) electrons. The summed E-state index contributed by atoms with van der Waals surface area (Å²) in [4.78, 5) is 24.2. The van der Waals surface area contributed by atoms with E-state index in [4.69, 9.17) is 25.2 Å². The molecule has 0 saturated carbocycles. The summed E-state index contributed by atoms with van der Waals surface area (Å²) >= 11 is 0. The lowest BCUT2D eigenvalue weighted by molar-refractivity contribution is -0.199. The van der Waals surface area contributed by atoms with E-state index in [0.29, 0.717) is 11.2 Å². The Morgan fingerprint density at radius 1 is 1.33 bits per heavy atom. The molecule has 128 valence electrons. The molecule has 11 heteroatoms. The number of hydroxylamine groups is 1. The molecule has 0 spiro atoms. The molecular formula is C13H16N6O5. The van der Waals surface area contributed by atoms with Crippen LogP contribution in [-0.4, -0.2) is 54.7 Å². The Morgan fingerprint density at radius 3 is 2.83 bits per heavy atom. The summed E-state index contributed by atoms with van der Waals surface area (Å²) in [5, 5.41) is 8.94. The van der Waals surface area contributed by atoms with Gasteiger partial charge in [-0.15, -0.1) is 0 Å². The lowest BCUT2D eigenvalue weighted by atomic mass is 10.1. The smallest absolute Gasteiger partial charge is 0.275 e. The molecule has 4 atom stereocenters. The second-order valence-electron chi connectivity index (χ2n) is 6.07. The molecule has 4 heterocycles. The molecule has 0 bridgehead atoms. The van der Waals surface area contributed by atoms with Crippen molar-refractivity contribution in [2.24, 2.45) is 0 Å². The van der Waals surface area contributed by atoms with Crippen molar-refractivity contribution in [1.29, 1.82) is 0 Å². The van der Waals surface area contributed by atoms with E-state index in [2.05, 4.69) is 15.0 Å². The Morgan fingerprint density at radius 2 is 2.08 bits per heavy atom. The second kappa shape index (κ2) is 5.08. The zero-order valence-electron chi connectivity index (χ0n) is 12.9. The Labute approximate surface area is 135 Å². The molecule has 4 rings (SSSR count). The van der Waals surface area contributed by atoms with Crippen molar-refractivity contribution in [1.82, 2.24) is 25.0 Å². The number of fused-ring (bicyclic) bond motifs is 2. The largest absolute Gasteiger partial charge is 0.382 e. The molecule has 1 amide bonds. The van der Waals surface area contributed by atoms with Gasteiger partial charge in [0.2, 0.25) is 0 Å². The highest BCUT2D eigenvalue weighted by Crippen LogP contribution is 2.43. The van der Waals surface area contributed by atoms with Gasteiger partial charge in [-0.2, -0.15) is 0 Å². The van der Waals surface area contributed by atoms with Gasteiger partial charge in [0.1, 0.15) is 24.1 Å². The van der Waals surface area contributed by atoms with Gasteiger partial charge in [-0.25, -0.2) is 20.4 Å². The predicted octanol–water partition coefficient (Wildman–Crippen LogP) is -0.669. The highest BCUT2D eigenvalue weighted by Gasteiger charge is 2.58. The molecular weight excluding hydrogens is 320 g/mol. The first-order valence-electron chi connectivity index (χ1n) is 7.29. The molecule has 4 N–H and O–H groups in total. The quantitative estimate of drug-likeness (QED) is 0.480. The standard InChI is InChI=1S/C13H16N6O5/c1-13(2)23-6-7(11(20)18-21)22-12(8(6)24-13)19-4-17-5-9(14)15-3-16-10(5)19/h3-4,6-8,12,21H,1-2H3,(H,18,20)(H2,14,15,16). The van der Waals surface area contributed by atoms with Crippen molar-refractivity contribution in [2.75, 3.05) is 5.73 Å². The summed E-state index contributed by atoms with van der Waals surface area (Å²) in [5.41, 5.74) is 8.25. The van der Waals surface area contributed by atoms with Crippen molar-refractivity contribution in [3.8, 4) is 0 Å². The Hall–Kier alpha value is -2.34. The number of anilines is 1. The van der Waals surface area contributed by atoms with Crippen LogP contribution in [0.5, 0.6) is 0 Å².